The number of aromatic nitrogens is 2. The number of amides is 2. The van der Waals surface area contributed by atoms with E-state index >= 15 is 0 Å². The third-order valence-corrected chi connectivity index (χ3v) is 4.67. The topological polar surface area (TPSA) is 82.8 Å². The van der Waals surface area contributed by atoms with Crippen molar-refractivity contribution in [3.63, 3.8) is 0 Å². The summed E-state index contributed by atoms with van der Waals surface area (Å²) in [4.78, 5) is 34.1. The average molecular weight is 335 g/mol. The van der Waals surface area contributed by atoms with Crippen LogP contribution in [0.25, 0.3) is 0 Å². The molecule has 1 aromatic heterocycles. The molecule has 8 heteroatoms. The quantitative estimate of drug-likeness (QED) is 0.743. The highest BCUT2D eigenvalue weighted by Crippen LogP contribution is 2.12. The fourth-order valence-electron chi connectivity index (χ4n) is 3.18. The van der Waals surface area contributed by atoms with Crippen LogP contribution in [0.1, 0.15) is 37.9 Å². The Morgan fingerprint density at radius 2 is 2.00 bits per heavy atom. The molecule has 0 unspecified atom stereocenters. The van der Waals surface area contributed by atoms with Crippen LogP contribution in [-0.2, 0) is 22.6 Å². The standard InChI is InChI=1S/C16H25N5O3/c1-2-14-17-13(18-24-14)12-19-8-10-21(11-9-19)16(23)5-7-20-6-3-4-15(20)22/h2-12H2,1H3. The number of carbonyl (C=O) groups is 2. The van der Waals surface area contributed by atoms with Gasteiger partial charge < -0.3 is 14.3 Å². The van der Waals surface area contributed by atoms with Crippen molar-refractivity contribution in [2.24, 2.45) is 0 Å². The van der Waals surface area contributed by atoms with Crippen LogP contribution >= 0.6 is 0 Å². The fraction of sp³-hybridized carbons (Fsp3) is 0.750. The molecule has 0 radical (unpaired) electrons. The molecule has 2 fully saturated rings. The first kappa shape index (κ1) is 16.9. The lowest BCUT2D eigenvalue weighted by atomic mass is 10.2. The van der Waals surface area contributed by atoms with Crippen LogP contribution < -0.4 is 0 Å². The van der Waals surface area contributed by atoms with Crippen molar-refractivity contribution in [3.8, 4) is 0 Å². The van der Waals surface area contributed by atoms with Crippen molar-refractivity contribution in [1.82, 2.24) is 24.8 Å². The molecule has 0 aliphatic carbocycles. The number of piperazine rings is 1. The van der Waals surface area contributed by atoms with Gasteiger partial charge in [-0.15, -0.1) is 0 Å². The number of rotatable bonds is 6. The SMILES string of the molecule is CCc1nc(CN2CCN(C(=O)CCN3CCCC3=O)CC2)no1. The van der Waals surface area contributed by atoms with Gasteiger partial charge in [-0.25, -0.2) is 0 Å². The summed E-state index contributed by atoms with van der Waals surface area (Å²) in [6, 6.07) is 0. The molecule has 1 aromatic rings. The second kappa shape index (κ2) is 7.74. The first-order chi connectivity index (χ1) is 11.7. The van der Waals surface area contributed by atoms with Crippen molar-refractivity contribution in [2.45, 2.75) is 39.2 Å². The van der Waals surface area contributed by atoms with E-state index in [1.165, 1.54) is 0 Å². The van der Waals surface area contributed by atoms with Gasteiger partial charge in [-0.1, -0.05) is 12.1 Å². The molecule has 0 bridgehead atoms. The largest absolute Gasteiger partial charge is 0.342 e. The van der Waals surface area contributed by atoms with E-state index in [-0.39, 0.29) is 11.8 Å². The van der Waals surface area contributed by atoms with Crippen molar-refractivity contribution in [1.29, 1.82) is 0 Å². The molecule has 0 aromatic carbocycles. The number of hydrogen-bond acceptors (Lipinski definition) is 6. The highest BCUT2D eigenvalue weighted by Gasteiger charge is 2.24. The van der Waals surface area contributed by atoms with Gasteiger partial charge in [0.15, 0.2) is 5.82 Å². The van der Waals surface area contributed by atoms with E-state index in [0.717, 1.165) is 32.5 Å². The summed E-state index contributed by atoms with van der Waals surface area (Å²) >= 11 is 0. The first-order valence-electron chi connectivity index (χ1n) is 8.75. The van der Waals surface area contributed by atoms with Crippen molar-refractivity contribution >= 4 is 11.8 Å². The zero-order chi connectivity index (χ0) is 16.9. The molecule has 2 aliphatic heterocycles. The third kappa shape index (κ3) is 4.11. The van der Waals surface area contributed by atoms with Gasteiger partial charge in [-0.05, 0) is 6.42 Å². The van der Waals surface area contributed by atoms with E-state index in [2.05, 4.69) is 15.0 Å². The monoisotopic (exact) mass is 335 g/mol. The predicted octanol–water partition coefficient (Wildman–Crippen LogP) is 0.289. The number of nitrogens with zero attached hydrogens (tertiary/aromatic N) is 5. The van der Waals surface area contributed by atoms with Gasteiger partial charge in [-0.2, -0.15) is 4.98 Å². The number of likely N-dealkylation sites (tertiary alicyclic amines) is 1. The minimum atomic E-state index is 0.141. The van der Waals surface area contributed by atoms with Crippen LogP contribution in [0.5, 0.6) is 0 Å². The normalized spacial score (nSPS) is 19.3. The Hall–Kier alpha value is -1.96. The smallest absolute Gasteiger partial charge is 0.226 e. The van der Waals surface area contributed by atoms with E-state index in [4.69, 9.17) is 4.52 Å². The fourth-order valence-corrected chi connectivity index (χ4v) is 3.18. The van der Waals surface area contributed by atoms with Gasteiger partial charge in [0.25, 0.3) is 0 Å². The Kier molecular flexibility index (Phi) is 5.44. The second-order valence-corrected chi connectivity index (χ2v) is 6.35. The lowest BCUT2D eigenvalue weighted by Gasteiger charge is -2.34. The predicted molar refractivity (Wildman–Crippen MR) is 86.0 cm³/mol. The van der Waals surface area contributed by atoms with Crippen LogP contribution in [0.4, 0.5) is 0 Å². The van der Waals surface area contributed by atoms with Crippen LogP contribution in [0.2, 0.25) is 0 Å². The Bertz CT molecular complexity index is 580. The zero-order valence-corrected chi connectivity index (χ0v) is 14.2. The van der Waals surface area contributed by atoms with Gasteiger partial charge in [0.1, 0.15) is 0 Å². The van der Waals surface area contributed by atoms with E-state index < -0.39 is 0 Å². The summed E-state index contributed by atoms with van der Waals surface area (Å²) in [6.07, 6.45) is 2.72. The van der Waals surface area contributed by atoms with Crippen molar-refractivity contribution in [2.75, 3.05) is 39.3 Å². The summed E-state index contributed by atoms with van der Waals surface area (Å²) < 4.78 is 5.12. The first-order valence-corrected chi connectivity index (χ1v) is 8.75. The Balaban J connectivity index is 1.39. The van der Waals surface area contributed by atoms with Crippen LogP contribution in [0.3, 0.4) is 0 Å². The van der Waals surface area contributed by atoms with Crippen LogP contribution in [0, 0.1) is 0 Å². The van der Waals surface area contributed by atoms with Crippen LogP contribution in [0.15, 0.2) is 4.52 Å². The van der Waals surface area contributed by atoms with Crippen molar-refractivity contribution in [3.05, 3.63) is 11.7 Å². The molecule has 0 saturated carbocycles. The second-order valence-electron chi connectivity index (χ2n) is 6.35. The maximum atomic E-state index is 12.3. The average Bonchev–Trinajstić information content (AvgIpc) is 3.22. The lowest BCUT2D eigenvalue weighted by molar-refractivity contribution is -0.134. The molecule has 132 valence electrons. The molecule has 2 aliphatic rings. The maximum Gasteiger partial charge on any atom is 0.226 e. The summed E-state index contributed by atoms with van der Waals surface area (Å²) in [7, 11) is 0. The van der Waals surface area contributed by atoms with E-state index in [0.29, 0.717) is 50.7 Å². The highest BCUT2D eigenvalue weighted by atomic mass is 16.5. The Morgan fingerprint density at radius 1 is 1.21 bits per heavy atom. The molecular formula is C16H25N5O3. The minimum absolute atomic E-state index is 0.141. The molecule has 0 spiro atoms. The molecule has 0 atom stereocenters. The summed E-state index contributed by atoms with van der Waals surface area (Å²) in [5, 5.41) is 3.97. The van der Waals surface area contributed by atoms with Crippen LogP contribution in [-0.4, -0.2) is 75.9 Å². The molecule has 8 nitrogen and oxygen atoms in total. The molecule has 3 rings (SSSR count). The number of carbonyl (C=O) groups excluding carboxylic acids is 2. The molecule has 24 heavy (non-hydrogen) atoms. The van der Waals surface area contributed by atoms with Crippen molar-refractivity contribution < 1.29 is 14.1 Å². The molecular weight excluding hydrogens is 310 g/mol. The summed E-state index contributed by atoms with van der Waals surface area (Å²) in [5.74, 6) is 1.69. The van der Waals surface area contributed by atoms with Gasteiger partial charge in [0.2, 0.25) is 17.7 Å². The van der Waals surface area contributed by atoms with Gasteiger partial charge in [0, 0.05) is 58.5 Å². The summed E-state index contributed by atoms with van der Waals surface area (Å²) in [6.45, 7) is 7.04. The van der Waals surface area contributed by atoms with E-state index in [1.807, 2.05) is 11.8 Å². The molecule has 2 saturated heterocycles. The maximum absolute atomic E-state index is 12.3. The Morgan fingerprint density at radius 3 is 2.62 bits per heavy atom. The molecule has 3 heterocycles. The zero-order valence-electron chi connectivity index (χ0n) is 14.2. The lowest BCUT2D eigenvalue weighted by Crippen LogP contribution is -2.48. The minimum Gasteiger partial charge on any atom is -0.342 e. The highest BCUT2D eigenvalue weighted by molar-refractivity contribution is 5.80. The molecule has 0 N–H and O–H groups in total. The van der Waals surface area contributed by atoms with Gasteiger partial charge in [0.05, 0.1) is 6.54 Å². The van der Waals surface area contributed by atoms with Gasteiger partial charge >= 0.3 is 0 Å². The van der Waals surface area contributed by atoms with E-state index in [9.17, 15) is 9.59 Å². The van der Waals surface area contributed by atoms with Gasteiger partial charge in [-0.3, -0.25) is 14.5 Å². The Labute approximate surface area is 141 Å². The van der Waals surface area contributed by atoms with E-state index in [1.54, 1.807) is 4.90 Å². The number of hydrogen-bond donors (Lipinski definition) is 0. The number of aryl methyl sites for hydroxylation is 1. The third-order valence-electron chi connectivity index (χ3n) is 4.67. The molecule has 2 amide bonds. The summed E-state index contributed by atoms with van der Waals surface area (Å²) in [5.41, 5.74) is 0.